The van der Waals surface area contributed by atoms with E-state index in [-0.39, 0.29) is 0 Å². The molecule has 6 heteroatoms. The van der Waals surface area contributed by atoms with E-state index in [1.54, 1.807) is 21.3 Å². The summed E-state index contributed by atoms with van der Waals surface area (Å²) in [4.78, 5) is 14.8. The van der Waals surface area contributed by atoms with Gasteiger partial charge >= 0.3 is 7.48 Å². The Bertz CT molecular complexity index is 1760. The second kappa shape index (κ2) is 10.5. The number of hydrogen-bond donors (Lipinski definition) is 1. The largest absolute Gasteiger partial charge is 0.427 e. The van der Waals surface area contributed by atoms with Gasteiger partial charge in [-0.05, 0) is 61.4 Å². The van der Waals surface area contributed by atoms with E-state index in [1.165, 1.54) is 10.8 Å². The van der Waals surface area contributed by atoms with Crippen molar-refractivity contribution in [2.75, 3.05) is 0 Å². The molecule has 1 heterocycles. The Morgan fingerprint density at radius 3 is 1.41 bits per heavy atom. The monoisotopic (exact) mass is 536 g/mol. The third-order valence-electron chi connectivity index (χ3n) is 7.78. The van der Waals surface area contributed by atoms with Crippen LogP contribution in [0.1, 0.15) is 27.7 Å². The van der Waals surface area contributed by atoms with Gasteiger partial charge in [0.05, 0.1) is 11.2 Å². The molecule has 0 spiro atoms. The average molecular weight is 536 g/mol. The molecule has 0 aliphatic rings. The molecule has 1 radical (unpaired) electrons. The third kappa shape index (κ3) is 5.62. The summed E-state index contributed by atoms with van der Waals surface area (Å²) in [5.41, 5.74) is 1.87. The molecule has 0 bridgehead atoms. The molecular formula is C35H31BN3O2. The van der Waals surface area contributed by atoms with E-state index in [1.807, 2.05) is 62.4 Å². The van der Waals surface area contributed by atoms with Gasteiger partial charge in [-0.3, -0.25) is 0 Å². The Hall–Kier alpha value is -4.39. The van der Waals surface area contributed by atoms with Gasteiger partial charge in [-0.25, -0.2) is 15.0 Å². The predicted octanol–water partition coefficient (Wildman–Crippen LogP) is 6.99. The molecule has 0 aliphatic carbocycles. The Morgan fingerprint density at radius 2 is 0.951 bits per heavy atom. The van der Waals surface area contributed by atoms with Crippen LogP contribution in [0.25, 0.3) is 55.7 Å². The summed E-state index contributed by atoms with van der Waals surface area (Å²) in [5.74, 6) is 1.83. The van der Waals surface area contributed by atoms with Gasteiger partial charge in [-0.1, -0.05) is 103 Å². The molecule has 0 amide bonds. The lowest BCUT2D eigenvalue weighted by molar-refractivity contribution is -0.0893. The first-order chi connectivity index (χ1) is 19.7. The molecule has 1 aromatic heterocycles. The topological polar surface area (TPSA) is 68.1 Å². The van der Waals surface area contributed by atoms with E-state index >= 15 is 0 Å². The van der Waals surface area contributed by atoms with Gasteiger partial charge in [0.2, 0.25) is 0 Å². The minimum Gasteiger partial charge on any atom is -0.427 e. The molecule has 0 saturated heterocycles. The molecule has 5 nitrogen and oxygen atoms in total. The van der Waals surface area contributed by atoms with E-state index in [0.717, 1.165) is 32.9 Å². The molecular weight excluding hydrogens is 505 g/mol. The average Bonchev–Trinajstić information content (AvgIpc) is 2.99. The summed E-state index contributed by atoms with van der Waals surface area (Å²) in [6.07, 6.45) is 0. The van der Waals surface area contributed by atoms with Crippen molar-refractivity contribution < 1.29 is 9.76 Å². The highest BCUT2D eigenvalue weighted by atomic mass is 16.5. The Morgan fingerprint density at radius 1 is 0.537 bits per heavy atom. The molecule has 0 fully saturated rings. The van der Waals surface area contributed by atoms with Crippen molar-refractivity contribution in [3.63, 3.8) is 0 Å². The molecule has 41 heavy (non-hydrogen) atoms. The van der Waals surface area contributed by atoms with Crippen LogP contribution in [0.2, 0.25) is 0 Å². The van der Waals surface area contributed by atoms with E-state index in [0.29, 0.717) is 17.5 Å². The Labute approximate surface area is 241 Å². The molecule has 6 aromatic rings. The summed E-state index contributed by atoms with van der Waals surface area (Å²) in [6.45, 7) is 7.21. The smallest absolute Gasteiger partial charge is 0.330 e. The van der Waals surface area contributed by atoms with E-state index in [2.05, 4.69) is 60.7 Å². The van der Waals surface area contributed by atoms with Crippen LogP contribution in [0.4, 0.5) is 0 Å². The number of benzene rings is 5. The molecule has 5 aromatic carbocycles. The third-order valence-corrected chi connectivity index (χ3v) is 7.78. The zero-order valence-electron chi connectivity index (χ0n) is 23.7. The second-order valence-electron chi connectivity index (χ2n) is 11.4. The van der Waals surface area contributed by atoms with Crippen LogP contribution in [-0.2, 0) is 4.65 Å². The normalized spacial score (nSPS) is 12.1. The Balaban J connectivity index is 1.40. The van der Waals surface area contributed by atoms with Gasteiger partial charge in [0, 0.05) is 16.7 Å². The van der Waals surface area contributed by atoms with Gasteiger partial charge < -0.3 is 9.76 Å². The number of aromatic nitrogens is 3. The van der Waals surface area contributed by atoms with E-state index < -0.39 is 11.2 Å². The van der Waals surface area contributed by atoms with Crippen LogP contribution in [0.15, 0.2) is 109 Å². The van der Waals surface area contributed by atoms with Crippen molar-refractivity contribution in [3.8, 4) is 34.2 Å². The fraction of sp³-hybridized carbons (Fsp3) is 0.171. The first-order valence-corrected chi connectivity index (χ1v) is 13.7. The molecule has 201 valence electrons. The summed E-state index contributed by atoms with van der Waals surface area (Å²) in [6, 6.07) is 37.0. The van der Waals surface area contributed by atoms with E-state index in [9.17, 15) is 5.11 Å². The highest BCUT2D eigenvalue weighted by Crippen LogP contribution is 2.29. The SMILES string of the molecule is CC(C)(O)C(C)(C)O[B]c1ccc(-c2nc(-c3ccc4ccccc4c3)nc(-c3ccc4ccccc4c3)n2)cc1. The Kier molecular flexibility index (Phi) is 6.90. The maximum Gasteiger partial charge on any atom is 0.330 e. The summed E-state index contributed by atoms with van der Waals surface area (Å²) >= 11 is 0. The first-order valence-electron chi connectivity index (χ1n) is 13.7. The van der Waals surface area contributed by atoms with Gasteiger partial charge in [0.25, 0.3) is 0 Å². The van der Waals surface area contributed by atoms with Gasteiger partial charge in [-0.2, -0.15) is 0 Å². The van der Waals surface area contributed by atoms with Gasteiger partial charge in [0.1, 0.15) is 0 Å². The standard InChI is InChI=1S/C35H31BN3O2/c1-34(2,40)35(3,4)41-36-30-19-17-25(18-20-30)31-37-32(28-15-13-23-9-5-7-11-26(23)21-28)39-33(38-31)29-16-14-24-10-6-8-12-27(24)22-29/h5-22,40H,1-4H3. The van der Waals surface area contributed by atoms with Gasteiger partial charge in [0.15, 0.2) is 17.5 Å². The number of fused-ring (bicyclic) bond motifs is 2. The number of aliphatic hydroxyl groups is 1. The fourth-order valence-electron chi connectivity index (χ4n) is 4.49. The number of rotatable bonds is 7. The molecule has 0 atom stereocenters. The van der Waals surface area contributed by atoms with Crippen LogP contribution >= 0.6 is 0 Å². The summed E-state index contributed by atoms with van der Waals surface area (Å²) < 4.78 is 5.93. The minimum absolute atomic E-state index is 0.593. The summed E-state index contributed by atoms with van der Waals surface area (Å²) in [7, 11) is 1.68. The second-order valence-corrected chi connectivity index (χ2v) is 11.4. The molecule has 6 rings (SSSR count). The fourth-order valence-corrected chi connectivity index (χ4v) is 4.49. The number of hydrogen-bond acceptors (Lipinski definition) is 5. The maximum absolute atomic E-state index is 10.4. The molecule has 0 saturated carbocycles. The first kappa shape index (κ1) is 26.8. The van der Waals surface area contributed by atoms with Crippen LogP contribution in [0.3, 0.4) is 0 Å². The quantitative estimate of drug-likeness (QED) is 0.223. The predicted molar refractivity (Wildman–Crippen MR) is 168 cm³/mol. The van der Waals surface area contributed by atoms with Gasteiger partial charge in [-0.15, -0.1) is 0 Å². The molecule has 0 aliphatic heterocycles. The zero-order valence-corrected chi connectivity index (χ0v) is 23.7. The molecule has 0 unspecified atom stereocenters. The maximum atomic E-state index is 10.4. The van der Waals surface area contributed by atoms with Crippen molar-refractivity contribution in [3.05, 3.63) is 109 Å². The van der Waals surface area contributed by atoms with E-state index in [4.69, 9.17) is 19.6 Å². The molecule has 1 N–H and O–H groups in total. The van der Waals surface area contributed by atoms with Crippen molar-refractivity contribution in [1.29, 1.82) is 0 Å². The highest BCUT2D eigenvalue weighted by molar-refractivity contribution is 6.47. The van der Waals surface area contributed by atoms with Crippen LogP contribution in [0.5, 0.6) is 0 Å². The zero-order chi connectivity index (χ0) is 28.6. The lowest BCUT2D eigenvalue weighted by Crippen LogP contribution is -2.49. The highest BCUT2D eigenvalue weighted by Gasteiger charge is 2.35. The minimum atomic E-state index is -0.993. The van der Waals surface area contributed by atoms with Crippen molar-refractivity contribution in [2.24, 2.45) is 0 Å². The number of nitrogens with zero attached hydrogens (tertiary/aromatic N) is 3. The van der Waals surface area contributed by atoms with Crippen molar-refractivity contribution in [2.45, 2.75) is 38.9 Å². The van der Waals surface area contributed by atoms with Crippen molar-refractivity contribution >= 4 is 34.5 Å². The van der Waals surface area contributed by atoms with Crippen LogP contribution < -0.4 is 5.46 Å². The van der Waals surface area contributed by atoms with Crippen LogP contribution in [0, 0.1) is 0 Å². The lowest BCUT2D eigenvalue weighted by Gasteiger charge is -2.37. The summed E-state index contributed by atoms with van der Waals surface area (Å²) in [5, 5.41) is 15.0. The lowest BCUT2D eigenvalue weighted by atomic mass is 9.82. The van der Waals surface area contributed by atoms with Crippen molar-refractivity contribution in [1.82, 2.24) is 15.0 Å². The van der Waals surface area contributed by atoms with Crippen LogP contribution in [-0.4, -0.2) is 38.7 Å².